The number of piperidine rings is 1. The minimum absolute atomic E-state index is 0.140. The van der Waals surface area contributed by atoms with Crippen LogP contribution in [-0.4, -0.2) is 51.8 Å². The van der Waals surface area contributed by atoms with Crippen molar-refractivity contribution >= 4 is 15.5 Å². The normalized spacial score (nSPS) is 23.0. The highest BCUT2D eigenvalue weighted by molar-refractivity contribution is 7.90. The molecule has 0 aliphatic carbocycles. The number of anilines is 1. The summed E-state index contributed by atoms with van der Waals surface area (Å²) in [5.41, 5.74) is 1.05. The number of hydrogen-bond acceptors (Lipinski definition) is 5. The molecule has 2 heterocycles. The molecule has 2 aliphatic rings. The highest BCUT2D eigenvalue weighted by atomic mass is 32.2. The number of nitriles is 1. The minimum Gasteiger partial charge on any atom is -0.369 e. The monoisotopic (exact) mass is 333 g/mol. The van der Waals surface area contributed by atoms with Crippen molar-refractivity contribution in [3.63, 3.8) is 0 Å². The van der Waals surface area contributed by atoms with Gasteiger partial charge >= 0.3 is 0 Å². The van der Waals surface area contributed by atoms with Crippen LogP contribution in [-0.2, 0) is 9.84 Å². The number of rotatable bonds is 3. The molecule has 1 aromatic carbocycles. The van der Waals surface area contributed by atoms with Gasteiger partial charge in [0.05, 0.1) is 16.1 Å². The van der Waals surface area contributed by atoms with E-state index in [4.69, 9.17) is 0 Å². The van der Waals surface area contributed by atoms with E-state index in [1.807, 2.05) is 6.07 Å². The van der Waals surface area contributed by atoms with E-state index >= 15 is 0 Å². The maximum atomic E-state index is 11.9. The third kappa shape index (κ3) is 3.36. The highest BCUT2D eigenvalue weighted by Gasteiger charge is 2.29. The largest absolute Gasteiger partial charge is 0.369 e. The van der Waals surface area contributed by atoms with Crippen LogP contribution in [0, 0.1) is 11.3 Å². The average Bonchev–Trinajstić information content (AvgIpc) is 3.08. The lowest BCUT2D eigenvalue weighted by atomic mass is 10.0. The average molecular weight is 333 g/mol. The molecule has 1 unspecified atom stereocenters. The molecular weight excluding hydrogens is 310 g/mol. The van der Waals surface area contributed by atoms with Crippen molar-refractivity contribution in [3.05, 3.63) is 23.8 Å². The standard InChI is InChI=1S/C17H23N3O2S/c1-23(21,22)17-8-4-7-16(15(17)12-18)20-11-5-6-14(13-20)19-9-2-3-10-19/h4,7-8,14H,2-3,5-6,9-11,13H2,1H3. The zero-order chi connectivity index (χ0) is 16.4. The van der Waals surface area contributed by atoms with Crippen LogP contribution in [0.25, 0.3) is 0 Å². The van der Waals surface area contributed by atoms with E-state index in [0.717, 1.165) is 44.5 Å². The molecule has 0 saturated carbocycles. The summed E-state index contributed by atoms with van der Waals surface area (Å²) in [6.07, 6.45) is 5.96. The lowest BCUT2D eigenvalue weighted by Gasteiger charge is -2.39. The lowest BCUT2D eigenvalue weighted by molar-refractivity contribution is 0.215. The molecule has 0 radical (unpaired) electrons. The smallest absolute Gasteiger partial charge is 0.176 e. The molecule has 6 heteroatoms. The molecular formula is C17H23N3O2S. The van der Waals surface area contributed by atoms with Crippen LogP contribution < -0.4 is 4.90 Å². The van der Waals surface area contributed by atoms with E-state index in [1.165, 1.54) is 25.3 Å². The van der Waals surface area contributed by atoms with Crippen LogP contribution in [0.1, 0.15) is 31.2 Å². The molecule has 3 rings (SSSR count). The van der Waals surface area contributed by atoms with E-state index in [9.17, 15) is 13.7 Å². The first-order valence-corrected chi connectivity index (χ1v) is 10.1. The Hall–Kier alpha value is -1.58. The van der Waals surface area contributed by atoms with E-state index in [0.29, 0.717) is 6.04 Å². The third-order valence-corrected chi connectivity index (χ3v) is 6.05. The topological polar surface area (TPSA) is 64.4 Å². The molecule has 5 nitrogen and oxygen atoms in total. The summed E-state index contributed by atoms with van der Waals surface area (Å²) in [6, 6.07) is 7.78. The summed E-state index contributed by atoms with van der Waals surface area (Å²) in [7, 11) is -3.40. The van der Waals surface area contributed by atoms with Crippen LogP contribution in [0.5, 0.6) is 0 Å². The van der Waals surface area contributed by atoms with Crippen molar-refractivity contribution in [2.75, 3.05) is 37.3 Å². The Kier molecular flexibility index (Phi) is 4.60. The summed E-state index contributed by atoms with van der Waals surface area (Å²) in [6.45, 7) is 4.08. The summed E-state index contributed by atoms with van der Waals surface area (Å²) >= 11 is 0. The molecule has 124 valence electrons. The molecule has 1 atom stereocenters. The highest BCUT2D eigenvalue weighted by Crippen LogP contribution is 2.30. The van der Waals surface area contributed by atoms with E-state index in [2.05, 4.69) is 15.9 Å². The van der Waals surface area contributed by atoms with Gasteiger partial charge in [0.25, 0.3) is 0 Å². The first-order chi connectivity index (χ1) is 11.0. The number of likely N-dealkylation sites (tertiary alicyclic amines) is 1. The quantitative estimate of drug-likeness (QED) is 0.847. The third-order valence-electron chi connectivity index (χ3n) is 4.91. The molecule has 1 aromatic rings. The summed E-state index contributed by atoms with van der Waals surface area (Å²) < 4.78 is 23.9. The first kappa shape index (κ1) is 16.3. The van der Waals surface area contributed by atoms with Crippen LogP contribution in [0.15, 0.2) is 23.1 Å². The Balaban J connectivity index is 1.90. The van der Waals surface area contributed by atoms with Crippen molar-refractivity contribution in [1.82, 2.24) is 4.90 Å². The Morgan fingerprint density at radius 3 is 2.57 bits per heavy atom. The SMILES string of the molecule is CS(=O)(=O)c1cccc(N2CCCC(N3CCCC3)C2)c1C#N. The van der Waals surface area contributed by atoms with Crippen LogP contribution in [0.3, 0.4) is 0 Å². The second-order valence-corrected chi connectivity index (χ2v) is 8.50. The van der Waals surface area contributed by atoms with Crippen molar-refractivity contribution in [2.45, 2.75) is 36.6 Å². The molecule has 0 amide bonds. The van der Waals surface area contributed by atoms with Crippen LogP contribution in [0.4, 0.5) is 5.69 Å². The fraction of sp³-hybridized carbons (Fsp3) is 0.588. The predicted molar refractivity (Wildman–Crippen MR) is 90.3 cm³/mol. The lowest BCUT2D eigenvalue weighted by Crippen LogP contribution is -2.47. The summed E-state index contributed by atoms with van der Waals surface area (Å²) in [5, 5.41) is 9.52. The van der Waals surface area contributed by atoms with Gasteiger partial charge in [-0.1, -0.05) is 6.07 Å². The summed E-state index contributed by atoms with van der Waals surface area (Å²) in [4.78, 5) is 4.87. The molecule has 0 bridgehead atoms. The number of nitrogens with zero attached hydrogens (tertiary/aromatic N) is 3. The minimum atomic E-state index is -3.40. The van der Waals surface area contributed by atoms with Gasteiger partial charge in [-0.25, -0.2) is 8.42 Å². The van der Waals surface area contributed by atoms with Crippen LogP contribution >= 0.6 is 0 Å². The molecule has 0 spiro atoms. The summed E-state index contributed by atoms with van der Waals surface area (Å²) in [5.74, 6) is 0. The van der Waals surface area contributed by atoms with Gasteiger partial charge < -0.3 is 4.90 Å². The fourth-order valence-corrected chi connectivity index (χ4v) is 4.63. The molecule has 0 N–H and O–H groups in total. The zero-order valence-corrected chi connectivity index (χ0v) is 14.3. The Bertz CT molecular complexity index is 718. The predicted octanol–water partition coefficient (Wildman–Crippen LogP) is 2.03. The van der Waals surface area contributed by atoms with Gasteiger partial charge in [-0.15, -0.1) is 0 Å². The van der Waals surface area contributed by atoms with Crippen molar-refractivity contribution < 1.29 is 8.42 Å². The first-order valence-electron chi connectivity index (χ1n) is 8.23. The second kappa shape index (κ2) is 6.50. The van der Waals surface area contributed by atoms with Crippen molar-refractivity contribution in [3.8, 4) is 6.07 Å². The number of hydrogen-bond donors (Lipinski definition) is 0. The Morgan fingerprint density at radius 2 is 1.91 bits per heavy atom. The van der Waals surface area contributed by atoms with Crippen LogP contribution in [0.2, 0.25) is 0 Å². The Morgan fingerprint density at radius 1 is 1.17 bits per heavy atom. The second-order valence-electron chi connectivity index (χ2n) is 6.52. The van der Waals surface area contributed by atoms with Crippen molar-refractivity contribution in [1.29, 1.82) is 5.26 Å². The van der Waals surface area contributed by atoms with Gasteiger partial charge in [-0.05, 0) is 50.9 Å². The maximum Gasteiger partial charge on any atom is 0.176 e. The van der Waals surface area contributed by atoms with Gasteiger partial charge in [0.2, 0.25) is 0 Å². The Labute approximate surface area is 138 Å². The van der Waals surface area contributed by atoms with Crippen molar-refractivity contribution in [2.24, 2.45) is 0 Å². The van der Waals surface area contributed by atoms with Gasteiger partial charge in [-0.2, -0.15) is 5.26 Å². The molecule has 2 fully saturated rings. The van der Waals surface area contributed by atoms with Gasteiger partial charge in [0.15, 0.2) is 9.84 Å². The van der Waals surface area contributed by atoms with E-state index < -0.39 is 9.84 Å². The van der Waals surface area contributed by atoms with Gasteiger partial charge in [0, 0.05) is 25.4 Å². The fourth-order valence-electron chi connectivity index (χ4n) is 3.78. The van der Waals surface area contributed by atoms with Gasteiger partial charge in [-0.3, -0.25) is 4.90 Å². The van der Waals surface area contributed by atoms with E-state index in [-0.39, 0.29) is 10.5 Å². The number of sulfone groups is 1. The molecule has 0 aromatic heterocycles. The molecule has 2 saturated heterocycles. The molecule has 2 aliphatic heterocycles. The zero-order valence-electron chi connectivity index (χ0n) is 13.5. The van der Waals surface area contributed by atoms with Gasteiger partial charge in [0.1, 0.15) is 6.07 Å². The maximum absolute atomic E-state index is 11.9. The molecule has 23 heavy (non-hydrogen) atoms. The van der Waals surface area contributed by atoms with E-state index in [1.54, 1.807) is 6.07 Å². The number of benzene rings is 1.